The molecule has 0 bridgehead atoms. The second-order valence-corrected chi connectivity index (χ2v) is 3.25. The van der Waals surface area contributed by atoms with Crippen LogP contribution in [0, 0.1) is 0 Å². The van der Waals surface area contributed by atoms with Gasteiger partial charge in [0, 0.05) is 18.4 Å². The number of halogens is 1. The molecule has 2 heteroatoms. The number of nitrogens with zero attached hydrogens (tertiary/aromatic N) is 1. The number of hydrogen-bond donors (Lipinski definition) is 0. The first-order valence-corrected chi connectivity index (χ1v) is 4.64. The lowest BCUT2D eigenvalue weighted by Crippen LogP contribution is -2.01. The molecule has 1 aromatic carbocycles. The molecule has 0 saturated carbocycles. The van der Waals surface area contributed by atoms with Crippen molar-refractivity contribution in [3.8, 4) is 0 Å². The Labute approximate surface area is 82.8 Å². The van der Waals surface area contributed by atoms with E-state index in [1.54, 1.807) is 0 Å². The first-order valence-electron chi connectivity index (χ1n) is 4.64. The molecule has 1 nitrogen and oxygen atoms in total. The van der Waals surface area contributed by atoms with Gasteiger partial charge in [-0.2, -0.15) is 0 Å². The lowest BCUT2D eigenvalue weighted by atomic mass is 10.2. The van der Waals surface area contributed by atoms with Crippen molar-refractivity contribution in [2.45, 2.75) is 13.2 Å². The van der Waals surface area contributed by atoms with E-state index >= 15 is 0 Å². The van der Waals surface area contributed by atoms with Crippen LogP contribution in [0.1, 0.15) is 11.3 Å². The number of benzene rings is 1. The first-order chi connectivity index (χ1) is 6.90. The summed E-state index contributed by atoms with van der Waals surface area (Å²) in [5.74, 6) is 0. The van der Waals surface area contributed by atoms with Crippen molar-refractivity contribution >= 4 is 0 Å². The first kappa shape index (κ1) is 9.00. The van der Waals surface area contributed by atoms with Crippen LogP contribution in [0.5, 0.6) is 0 Å². The predicted octanol–water partition coefficient (Wildman–Crippen LogP) is 3.01. The fourth-order valence-corrected chi connectivity index (χ4v) is 1.51. The molecule has 0 unspecified atom stereocenters. The highest BCUT2D eigenvalue weighted by molar-refractivity contribution is 5.17. The third kappa shape index (κ3) is 1.84. The van der Waals surface area contributed by atoms with Crippen LogP contribution in [0.2, 0.25) is 0 Å². The van der Waals surface area contributed by atoms with Gasteiger partial charge in [0.05, 0.1) is 0 Å². The Balaban J connectivity index is 2.19. The second kappa shape index (κ2) is 4.09. The van der Waals surface area contributed by atoms with Gasteiger partial charge in [0.25, 0.3) is 0 Å². The average Bonchev–Trinajstić information content (AvgIpc) is 2.67. The van der Waals surface area contributed by atoms with E-state index in [-0.39, 0.29) is 0 Å². The molecule has 2 aromatic rings. The Morgan fingerprint density at radius 2 is 1.79 bits per heavy atom. The molecule has 0 N–H and O–H groups in total. The minimum atomic E-state index is -0.403. The van der Waals surface area contributed by atoms with E-state index in [0.717, 1.165) is 12.2 Å². The molecule has 0 spiro atoms. The maximum Gasteiger partial charge on any atom is 0.129 e. The highest BCUT2D eigenvalue weighted by Crippen LogP contribution is 2.08. The molecular weight excluding hydrogens is 177 g/mol. The Bertz CT molecular complexity index is 392. The molecular formula is C12H12FN. The van der Waals surface area contributed by atoms with Gasteiger partial charge < -0.3 is 4.57 Å². The Morgan fingerprint density at radius 1 is 1.00 bits per heavy atom. The van der Waals surface area contributed by atoms with E-state index in [4.69, 9.17) is 0 Å². The summed E-state index contributed by atoms with van der Waals surface area (Å²) < 4.78 is 14.4. The van der Waals surface area contributed by atoms with Gasteiger partial charge >= 0.3 is 0 Å². The summed E-state index contributed by atoms with van der Waals surface area (Å²) in [6, 6.07) is 13.7. The molecule has 0 saturated heterocycles. The van der Waals surface area contributed by atoms with Crippen LogP contribution in [-0.2, 0) is 13.2 Å². The summed E-state index contributed by atoms with van der Waals surface area (Å²) in [6.45, 7) is 0.340. The summed E-state index contributed by atoms with van der Waals surface area (Å²) in [7, 11) is 0. The Hall–Kier alpha value is -1.57. The van der Waals surface area contributed by atoms with Crippen LogP contribution in [0.25, 0.3) is 0 Å². The number of alkyl halides is 1. The van der Waals surface area contributed by atoms with Gasteiger partial charge in [-0.1, -0.05) is 30.3 Å². The van der Waals surface area contributed by atoms with Crippen LogP contribution in [0.3, 0.4) is 0 Å². The van der Waals surface area contributed by atoms with E-state index < -0.39 is 6.67 Å². The van der Waals surface area contributed by atoms with Crippen LogP contribution in [-0.4, -0.2) is 4.57 Å². The summed E-state index contributed by atoms with van der Waals surface area (Å²) in [5, 5.41) is 0. The Morgan fingerprint density at radius 3 is 2.50 bits per heavy atom. The minimum Gasteiger partial charge on any atom is -0.345 e. The van der Waals surface area contributed by atoms with E-state index in [9.17, 15) is 4.39 Å². The van der Waals surface area contributed by atoms with Gasteiger partial charge in [-0.15, -0.1) is 0 Å². The minimum absolute atomic E-state index is 0.403. The van der Waals surface area contributed by atoms with Crippen LogP contribution < -0.4 is 0 Å². The van der Waals surface area contributed by atoms with Crippen LogP contribution in [0.4, 0.5) is 4.39 Å². The second-order valence-electron chi connectivity index (χ2n) is 3.25. The molecule has 1 heterocycles. The zero-order valence-electron chi connectivity index (χ0n) is 7.86. The van der Waals surface area contributed by atoms with Crippen molar-refractivity contribution in [1.29, 1.82) is 0 Å². The molecule has 0 radical (unpaired) electrons. The maximum atomic E-state index is 12.5. The molecule has 14 heavy (non-hydrogen) atoms. The summed E-state index contributed by atoms with van der Waals surface area (Å²) in [5.41, 5.74) is 1.92. The standard InChI is InChI=1S/C12H12FN/c13-9-12-7-4-8-14(12)10-11-5-2-1-3-6-11/h1-8H,9-10H2. The summed E-state index contributed by atoms with van der Waals surface area (Å²) in [6.07, 6.45) is 1.90. The van der Waals surface area contributed by atoms with Crippen molar-refractivity contribution in [2.75, 3.05) is 0 Å². The lowest BCUT2D eigenvalue weighted by molar-refractivity contribution is 0.461. The molecule has 0 aliphatic heterocycles. The van der Waals surface area contributed by atoms with Gasteiger partial charge in [-0.25, -0.2) is 4.39 Å². The molecule has 0 amide bonds. The molecule has 1 aromatic heterocycles. The van der Waals surface area contributed by atoms with Crippen molar-refractivity contribution in [3.63, 3.8) is 0 Å². The molecule has 0 aliphatic rings. The van der Waals surface area contributed by atoms with Gasteiger partial charge in [0.2, 0.25) is 0 Å². The van der Waals surface area contributed by atoms with Gasteiger partial charge in [0.15, 0.2) is 0 Å². The van der Waals surface area contributed by atoms with Gasteiger partial charge in [-0.05, 0) is 17.7 Å². The van der Waals surface area contributed by atoms with Crippen LogP contribution >= 0.6 is 0 Å². The van der Waals surface area contributed by atoms with Gasteiger partial charge in [0.1, 0.15) is 6.67 Å². The quantitative estimate of drug-likeness (QED) is 0.699. The number of rotatable bonds is 3. The van der Waals surface area contributed by atoms with E-state index in [1.807, 2.05) is 53.2 Å². The zero-order chi connectivity index (χ0) is 9.80. The van der Waals surface area contributed by atoms with Crippen molar-refractivity contribution in [1.82, 2.24) is 4.57 Å². The van der Waals surface area contributed by atoms with E-state index in [0.29, 0.717) is 0 Å². The normalized spacial score (nSPS) is 10.4. The van der Waals surface area contributed by atoms with Crippen molar-refractivity contribution < 1.29 is 4.39 Å². The molecule has 0 fully saturated rings. The SMILES string of the molecule is FCc1cccn1Cc1ccccc1. The highest BCUT2D eigenvalue weighted by Gasteiger charge is 1.99. The summed E-state index contributed by atoms with van der Waals surface area (Å²) >= 11 is 0. The highest BCUT2D eigenvalue weighted by atomic mass is 19.1. The zero-order valence-corrected chi connectivity index (χ0v) is 7.86. The lowest BCUT2D eigenvalue weighted by Gasteiger charge is -2.06. The Kier molecular flexibility index (Phi) is 2.63. The predicted molar refractivity (Wildman–Crippen MR) is 54.8 cm³/mol. The number of aromatic nitrogens is 1. The van der Waals surface area contributed by atoms with Gasteiger partial charge in [-0.3, -0.25) is 0 Å². The largest absolute Gasteiger partial charge is 0.345 e. The van der Waals surface area contributed by atoms with Crippen molar-refractivity contribution in [3.05, 3.63) is 59.9 Å². The number of hydrogen-bond acceptors (Lipinski definition) is 0. The monoisotopic (exact) mass is 189 g/mol. The smallest absolute Gasteiger partial charge is 0.129 e. The molecule has 2 rings (SSSR count). The molecule has 0 atom stereocenters. The summed E-state index contributed by atoms with van der Waals surface area (Å²) in [4.78, 5) is 0. The fraction of sp³-hybridized carbons (Fsp3) is 0.167. The van der Waals surface area contributed by atoms with Crippen molar-refractivity contribution in [2.24, 2.45) is 0 Å². The fourth-order valence-electron chi connectivity index (χ4n) is 1.51. The third-order valence-electron chi connectivity index (χ3n) is 2.26. The van der Waals surface area contributed by atoms with Crippen LogP contribution in [0.15, 0.2) is 48.7 Å². The molecule has 72 valence electrons. The van der Waals surface area contributed by atoms with E-state index in [2.05, 4.69) is 0 Å². The average molecular weight is 189 g/mol. The maximum absolute atomic E-state index is 12.5. The molecule has 0 aliphatic carbocycles. The topological polar surface area (TPSA) is 4.93 Å². The van der Waals surface area contributed by atoms with E-state index in [1.165, 1.54) is 5.56 Å². The third-order valence-corrected chi connectivity index (χ3v) is 2.26.